The lowest BCUT2D eigenvalue weighted by molar-refractivity contribution is -0.144. The predicted octanol–water partition coefficient (Wildman–Crippen LogP) is 1.45. The van der Waals surface area contributed by atoms with Crippen molar-refractivity contribution in [2.24, 2.45) is 5.92 Å². The Labute approximate surface area is 107 Å². The first kappa shape index (κ1) is 14.7. The summed E-state index contributed by atoms with van der Waals surface area (Å²) in [4.78, 5) is 11.6. The Hall–Kier alpha value is -1.33. The first-order valence-corrected chi connectivity index (χ1v) is 6.12. The minimum Gasteiger partial charge on any atom is -0.468 e. The van der Waals surface area contributed by atoms with E-state index in [-0.39, 0.29) is 24.5 Å². The summed E-state index contributed by atoms with van der Waals surface area (Å²) in [5.74, 6) is 1.13. The van der Waals surface area contributed by atoms with Crippen LogP contribution in [0.4, 0.5) is 0 Å². The van der Waals surface area contributed by atoms with Crippen LogP contribution in [0.15, 0.2) is 16.5 Å². The highest BCUT2D eigenvalue weighted by atomic mass is 16.5. The molecule has 0 aliphatic heterocycles. The van der Waals surface area contributed by atoms with Gasteiger partial charge in [0.05, 0.1) is 13.7 Å². The van der Waals surface area contributed by atoms with Gasteiger partial charge in [-0.2, -0.15) is 0 Å². The van der Waals surface area contributed by atoms with Gasteiger partial charge in [-0.1, -0.05) is 20.3 Å². The van der Waals surface area contributed by atoms with Gasteiger partial charge in [0.2, 0.25) is 0 Å². The van der Waals surface area contributed by atoms with Crippen molar-refractivity contribution in [2.75, 3.05) is 7.11 Å². The highest BCUT2D eigenvalue weighted by Gasteiger charge is 2.24. The number of methoxy groups -OCH3 is 1. The van der Waals surface area contributed by atoms with Gasteiger partial charge in [0.15, 0.2) is 0 Å². The molecule has 18 heavy (non-hydrogen) atoms. The van der Waals surface area contributed by atoms with Crippen molar-refractivity contribution in [1.82, 2.24) is 5.32 Å². The molecule has 2 atom stereocenters. The SMILES string of the molecule is CCC(C)C(NCc1ccc(CO)o1)C(=O)OC. The summed E-state index contributed by atoms with van der Waals surface area (Å²) in [6, 6.07) is 3.15. The van der Waals surface area contributed by atoms with E-state index in [0.717, 1.165) is 6.42 Å². The molecule has 5 nitrogen and oxygen atoms in total. The molecule has 2 unspecified atom stereocenters. The maximum Gasteiger partial charge on any atom is 0.323 e. The number of aliphatic hydroxyl groups excluding tert-OH is 1. The molecule has 1 heterocycles. The Morgan fingerprint density at radius 1 is 1.50 bits per heavy atom. The van der Waals surface area contributed by atoms with Gasteiger partial charge < -0.3 is 14.3 Å². The van der Waals surface area contributed by atoms with E-state index in [2.05, 4.69) is 5.32 Å². The lowest BCUT2D eigenvalue weighted by Crippen LogP contribution is -2.42. The number of hydrogen-bond donors (Lipinski definition) is 2. The van der Waals surface area contributed by atoms with Gasteiger partial charge in [0.25, 0.3) is 0 Å². The molecule has 0 bridgehead atoms. The molecule has 1 aromatic rings. The van der Waals surface area contributed by atoms with Crippen molar-refractivity contribution in [3.63, 3.8) is 0 Å². The van der Waals surface area contributed by atoms with Gasteiger partial charge in [0, 0.05) is 0 Å². The normalized spacial score (nSPS) is 14.2. The molecule has 0 radical (unpaired) electrons. The molecule has 2 N–H and O–H groups in total. The number of aliphatic hydroxyl groups is 1. The second-order valence-corrected chi connectivity index (χ2v) is 4.29. The molecular formula is C13H21NO4. The molecule has 0 saturated carbocycles. The molecule has 0 spiro atoms. The predicted molar refractivity (Wildman–Crippen MR) is 66.7 cm³/mol. The zero-order chi connectivity index (χ0) is 13.5. The summed E-state index contributed by atoms with van der Waals surface area (Å²) < 4.78 is 10.1. The van der Waals surface area contributed by atoms with E-state index >= 15 is 0 Å². The summed E-state index contributed by atoms with van der Waals surface area (Å²) in [5.41, 5.74) is 0. The van der Waals surface area contributed by atoms with Gasteiger partial charge in [-0.25, -0.2) is 0 Å². The summed E-state index contributed by atoms with van der Waals surface area (Å²) in [7, 11) is 1.39. The summed E-state index contributed by atoms with van der Waals surface area (Å²) >= 11 is 0. The summed E-state index contributed by atoms with van der Waals surface area (Å²) in [6.07, 6.45) is 0.882. The Morgan fingerprint density at radius 2 is 2.17 bits per heavy atom. The van der Waals surface area contributed by atoms with Crippen molar-refractivity contribution in [1.29, 1.82) is 0 Å². The number of rotatable bonds is 7. The average molecular weight is 255 g/mol. The van der Waals surface area contributed by atoms with Crippen molar-refractivity contribution < 1.29 is 19.1 Å². The monoisotopic (exact) mass is 255 g/mol. The van der Waals surface area contributed by atoms with Crippen LogP contribution in [0.2, 0.25) is 0 Å². The van der Waals surface area contributed by atoms with Crippen molar-refractivity contribution in [2.45, 2.75) is 39.5 Å². The maximum atomic E-state index is 11.6. The molecule has 0 aliphatic rings. The molecule has 0 fully saturated rings. The van der Waals surface area contributed by atoms with Crippen LogP contribution in [0.25, 0.3) is 0 Å². The first-order valence-electron chi connectivity index (χ1n) is 6.12. The zero-order valence-corrected chi connectivity index (χ0v) is 11.1. The summed E-state index contributed by atoms with van der Waals surface area (Å²) in [5, 5.41) is 12.0. The van der Waals surface area contributed by atoms with E-state index in [4.69, 9.17) is 14.3 Å². The number of carbonyl (C=O) groups excluding carboxylic acids is 1. The van der Waals surface area contributed by atoms with Gasteiger partial charge in [-0.3, -0.25) is 10.1 Å². The van der Waals surface area contributed by atoms with Crippen molar-refractivity contribution in [3.8, 4) is 0 Å². The molecule has 0 aliphatic carbocycles. The Kier molecular flexibility index (Phi) is 5.88. The van der Waals surface area contributed by atoms with E-state index < -0.39 is 0 Å². The molecule has 102 valence electrons. The van der Waals surface area contributed by atoms with E-state index in [1.54, 1.807) is 12.1 Å². The third-order valence-electron chi connectivity index (χ3n) is 3.04. The van der Waals surface area contributed by atoms with Gasteiger partial charge in [-0.15, -0.1) is 0 Å². The lowest BCUT2D eigenvalue weighted by Gasteiger charge is -2.21. The van der Waals surface area contributed by atoms with Gasteiger partial charge in [-0.05, 0) is 18.1 Å². The lowest BCUT2D eigenvalue weighted by atomic mass is 9.99. The topological polar surface area (TPSA) is 71.7 Å². The third kappa shape index (κ3) is 3.85. The number of carbonyl (C=O) groups is 1. The van der Waals surface area contributed by atoms with Crippen molar-refractivity contribution >= 4 is 5.97 Å². The smallest absolute Gasteiger partial charge is 0.323 e. The van der Waals surface area contributed by atoms with E-state index in [0.29, 0.717) is 18.1 Å². The zero-order valence-electron chi connectivity index (χ0n) is 11.1. The van der Waals surface area contributed by atoms with Crippen LogP contribution in [-0.2, 0) is 22.7 Å². The van der Waals surface area contributed by atoms with E-state index in [1.165, 1.54) is 7.11 Å². The largest absolute Gasteiger partial charge is 0.468 e. The van der Waals surface area contributed by atoms with Crippen LogP contribution in [-0.4, -0.2) is 24.2 Å². The molecule has 0 saturated heterocycles. The molecule has 1 aromatic heterocycles. The fraction of sp³-hybridized carbons (Fsp3) is 0.615. The number of furan rings is 1. The van der Waals surface area contributed by atoms with E-state index in [1.807, 2.05) is 13.8 Å². The number of esters is 1. The number of ether oxygens (including phenoxy) is 1. The minimum atomic E-state index is -0.345. The highest BCUT2D eigenvalue weighted by Crippen LogP contribution is 2.12. The van der Waals surface area contributed by atoms with Crippen LogP contribution in [0.3, 0.4) is 0 Å². The molecule has 0 aromatic carbocycles. The molecule has 5 heteroatoms. The Balaban J connectivity index is 2.58. The number of nitrogens with one attached hydrogen (secondary N) is 1. The van der Waals surface area contributed by atoms with E-state index in [9.17, 15) is 4.79 Å². The average Bonchev–Trinajstić information content (AvgIpc) is 2.86. The van der Waals surface area contributed by atoms with Crippen molar-refractivity contribution in [3.05, 3.63) is 23.7 Å². The fourth-order valence-electron chi connectivity index (χ4n) is 1.69. The third-order valence-corrected chi connectivity index (χ3v) is 3.04. The molecule has 0 amide bonds. The van der Waals surface area contributed by atoms with Crippen LogP contribution < -0.4 is 5.32 Å². The second kappa shape index (κ2) is 7.18. The molecule has 1 rings (SSSR count). The summed E-state index contributed by atoms with van der Waals surface area (Å²) in [6.45, 7) is 4.34. The first-order chi connectivity index (χ1) is 8.62. The second-order valence-electron chi connectivity index (χ2n) is 4.29. The van der Waals surface area contributed by atoms with Gasteiger partial charge >= 0.3 is 5.97 Å². The maximum absolute atomic E-state index is 11.6. The Bertz CT molecular complexity index is 375. The van der Waals surface area contributed by atoms with Gasteiger partial charge in [0.1, 0.15) is 24.2 Å². The fourth-order valence-corrected chi connectivity index (χ4v) is 1.69. The standard InChI is InChI=1S/C13H21NO4/c1-4-9(2)12(13(16)17-3)14-7-10-5-6-11(8-15)18-10/h5-6,9,12,14-15H,4,7-8H2,1-3H3. The van der Waals surface area contributed by atoms with Crippen LogP contribution in [0.1, 0.15) is 31.8 Å². The quantitative estimate of drug-likeness (QED) is 0.721. The number of hydrogen-bond acceptors (Lipinski definition) is 5. The minimum absolute atomic E-state index is 0.119. The van der Waals surface area contributed by atoms with Crippen LogP contribution in [0, 0.1) is 5.92 Å². The molecular weight excluding hydrogens is 234 g/mol. The van der Waals surface area contributed by atoms with Crippen LogP contribution >= 0.6 is 0 Å². The Morgan fingerprint density at radius 3 is 2.67 bits per heavy atom. The highest BCUT2D eigenvalue weighted by molar-refractivity contribution is 5.75. The van der Waals surface area contributed by atoms with Crippen LogP contribution in [0.5, 0.6) is 0 Å².